The van der Waals surface area contributed by atoms with E-state index in [9.17, 15) is 0 Å². The molecule has 4 aromatic heterocycles. The highest BCUT2D eigenvalue weighted by Gasteiger charge is 2.29. The van der Waals surface area contributed by atoms with Crippen molar-refractivity contribution < 1.29 is 0 Å². The van der Waals surface area contributed by atoms with Gasteiger partial charge in [0.2, 0.25) is 0 Å². The number of rotatable bonds is 4. The molecule has 0 aromatic carbocycles. The summed E-state index contributed by atoms with van der Waals surface area (Å²) < 4.78 is 1.90. The van der Waals surface area contributed by atoms with Gasteiger partial charge < -0.3 is 0 Å². The smallest absolute Gasteiger partial charge is 0.109 e. The molecule has 1 fully saturated rings. The van der Waals surface area contributed by atoms with Gasteiger partial charge >= 0.3 is 0 Å². The summed E-state index contributed by atoms with van der Waals surface area (Å²) in [6.07, 6.45) is 5.68. The van der Waals surface area contributed by atoms with Crippen molar-refractivity contribution in [2.24, 2.45) is 0 Å². The summed E-state index contributed by atoms with van der Waals surface area (Å²) in [7, 11) is 2.19. The number of thiophene rings is 1. The SMILES string of the molecule is Cc1ccc(CN2CCN(C)[C@@H](c3nnn4cc(-c5ccncc5)ccc34)C2)s1. The molecule has 0 radical (unpaired) electrons. The van der Waals surface area contributed by atoms with Crippen LogP contribution in [0.3, 0.4) is 0 Å². The molecule has 7 heteroatoms. The number of fused-ring (bicyclic) bond motifs is 1. The molecule has 0 spiro atoms. The van der Waals surface area contributed by atoms with Gasteiger partial charge in [-0.1, -0.05) is 11.3 Å². The third kappa shape index (κ3) is 3.69. The Kier molecular flexibility index (Phi) is 4.87. The highest BCUT2D eigenvalue weighted by atomic mass is 32.1. The van der Waals surface area contributed by atoms with Crippen molar-refractivity contribution in [1.82, 2.24) is 29.6 Å². The van der Waals surface area contributed by atoms with E-state index in [4.69, 9.17) is 0 Å². The molecular weight excluding hydrogens is 380 g/mol. The van der Waals surface area contributed by atoms with Crippen molar-refractivity contribution in [3.63, 3.8) is 0 Å². The number of pyridine rings is 2. The lowest BCUT2D eigenvalue weighted by molar-refractivity contribution is 0.0896. The standard InChI is InChI=1S/C22H24N6S/c1-16-3-5-19(29-16)14-27-12-11-26(2)21(15-27)22-20-6-4-18(13-28(20)25-24-22)17-7-9-23-10-8-17/h3-10,13,21H,11-12,14-15H2,1-2H3/t21-/m1/s1. The Bertz CT molecular complexity index is 1120. The third-order valence-electron chi connectivity index (χ3n) is 5.68. The van der Waals surface area contributed by atoms with Gasteiger partial charge in [-0.05, 0) is 49.9 Å². The molecule has 29 heavy (non-hydrogen) atoms. The van der Waals surface area contributed by atoms with Crippen LogP contribution in [-0.2, 0) is 6.54 Å². The van der Waals surface area contributed by atoms with E-state index in [0.29, 0.717) is 0 Å². The molecule has 148 valence electrons. The summed E-state index contributed by atoms with van der Waals surface area (Å²) in [4.78, 5) is 11.8. The highest BCUT2D eigenvalue weighted by molar-refractivity contribution is 7.11. The Morgan fingerprint density at radius 3 is 2.69 bits per heavy atom. The maximum atomic E-state index is 4.58. The lowest BCUT2D eigenvalue weighted by Gasteiger charge is -2.38. The predicted molar refractivity (Wildman–Crippen MR) is 116 cm³/mol. The Balaban J connectivity index is 1.41. The molecule has 0 unspecified atom stereocenters. The maximum Gasteiger partial charge on any atom is 0.109 e. The molecular formula is C22H24N6S. The van der Waals surface area contributed by atoms with E-state index in [1.165, 1.54) is 9.75 Å². The van der Waals surface area contributed by atoms with Crippen LogP contribution in [-0.4, -0.2) is 56.3 Å². The second-order valence-electron chi connectivity index (χ2n) is 7.70. The minimum atomic E-state index is 0.245. The average Bonchev–Trinajstić information content (AvgIpc) is 3.35. The first-order valence-electron chi connectivity index (χ1n) is 9.90. The van der Waals surface area contributed by atoms with Gasteiger partial charge in [0.15, 0.2) is 0 Å². The van der Waals surface area contributed by atoms with Crippen LogP contribution in [0.15, 0.2) is 55.0 Å². The first kappa shape index (κ1) is 18.4. The van der Waals surface area contributed by atoms with Crippen LogP contribution in [0, 0.1) is 6.92 Å². The minimum Gasteiger partial charge on any atom is -0.295 e. The van der Waals surface area contributed by atoms with Gasteiger partial charge in [0.25, 0.3) is 0 Å². The summed E-state index contributed by atoms with van der Waals surface area (Å²) in [6.45, 7) is 6.25. The molecule has 0 aliphatic carbocycles. The first-order chi connectivity index (χ1) is 14.2. The van der Waals surface area contributed by atoms with Crippen LogP contribution in [0.1, 0.15) is 21.5 Å². The normalized spacial score (nSPS) is 18.5. The fraction of sp³-hybridized carbons (Fsp3) is 0.318. The zero-order valence-electron chi connectivity index (χ0n) is 16.7. The van der Waals surface area contributed by atoms with Crippen molar-refractivity contribution in [2.75, 3.05) is 26.7 Å². The Morgan fingerprint density at radius 2 is 1.90 bits per heavy atom. The largest absolute Gasteiger partial charge is 0.295 e. The number of nitrogens with zero attached hydrogens (tertiary/aromatic N) is 6. The Labute approximate surface area is 174 Å². The van der Waals surface area contributed by atoms with Gasteiger partial charge in [-0.15, -0.1) is 16.4 Å². The molecule has 1 aliphatic heterocycles. The molecule has 0 N–H and O–H groups in total. The number of likely N-dealkylation sites (N-methyl/N-ethyl adjacent to an activating group) is 1. The summed E-state index contributed by atoms with van der Waals surface area (Å²) in [5.74, 6) is 0. The van der Waals surface area contributed by atoms with Crippen LogP contribution in [0.5, 0.6) is 0 Å². The maximum absolute atomic E-state index is 4.58. The molecule has 5 heterocycles. The van der Waals surface area contributed by atoms with Gasteiger partial charge in [-0.2, -0.15) is 0 Å². The topological polar surface area (TPSA) is 49.6 Å². The Morgan fingerprint density at radius 1 is 1.03 bits per heavy atom. The van der Waals surface area contributed by atoms with Crippen LogP contribution in [0.4, 0.5) is 0 Å². The van der Waals surface area contributed by atoms with Gasteiger partial charge in [0.1, 0.15) is 5.69 Å². The van der Waals surface area contributed by atoms with E-state index in [-0.39, 0.29) is 6.04 Å². The fourth-order valence-corrected chi connectivity index (χ4v) is 4.96. The van der Waals surface area contributed by atoms with Gasteiger partial charge in [0, 0.05) is 60.1 Å². The van der Waals surface area contributed by atoms with E-state index >= 15 is 0 Å². The average molecular weight is 405 g/mol. The number of aromatic nitrogens is 4. The second kappa shape index (κ2) is 7.67. The van der Waals surface area contributed by atoms with Crippen molar-refractivity contribution in [3.05, 3.63) is 70.4 Å². The molecule has 1 aliphatic rings. The van der Waals surface area contributed by atoms with Crippen LogP contribution >= 0.6 is 11.3 Å². The van der Waals surface area contributed by atoms with E-state index in [1.807, 2.05) is 40.4 Å². The molecule has 1 saturated heterocycles. The third-order valence-corrected chi connectivity index (χ3v) is 6.66. The van der Waals surface area contributed by atoms with Crippen LogP contribution in [0.2, 0.25) is 0 Å². The van der Waals surface area contributed by atoms with E-state index in [1.54, 1.807) is 0 Å². The lowest BCUT2D eigenvalue weighted by atomic mass is 10.1. The van der Waals surface area contributed by atoms with Crippen molar-refractivity contribution in [2.45, 2.75) is 19.5 Å². The zero-order valence-corrected chi connectivity index (χ0v) is 17.5. The van der Waals surface area contributed by atoms with Crippen LogP contribution < -0.4 is 0 Å². The second-order valence-corrected chi connectivity index (χ2v) is 9.07. The molecule has 0 amide bonds. The van der Waals surface area contributed by atoms with Gasteiger partial charge in [-0.3, -0.25) is 14.8 Å². The zero-order chi connectivity index (χ0) is 19.8. The number of aryl methyl sites for hydroxylation is 1. The minimum absolute atomic E-state index is 0.245. The van der Waals surface area contributed by atoms with E-state index < -0.39 is 0 Å². The first-order valence-corrected chi connectivity index (χ1v) is 10.7. The molecule has 0 saturated carbocycles. The summed E-state index contributed by atoms with van der Waals surface area (Å²) in [5, 5.41) is 9.02. The molecule has 5 rings (SSSR count). The van der Waals surface area contributed by atoms with E-state index in [0.717, 1.165) is 48.5 Å². The van der Waals surface area contributed by atoms with Crippen molar-refractivity contribution in [1.29, 1.82) is 0 Å². The number of hydrogen-bond acceptors (Lipinski definition) is 6. The summed E-state index contributed by atoms with van der Waals surface area (Å²) in [5.41, 5.74) is 4.38. The van der Waals surface area contributed by atoms with Gasteiger partial charge in [0.05, 0.1) is 11.6 Å². The summed E-state index contributed by atoms with van der Waals surface area (Å²) >= 11 is 1.89. The Hall–Kier alpha value is -2.61. The van der Waals surface area contributed by atoms with Crippen molar-refractivity contribution in [3.8, 4) is 11.1 Å². The monoisotopic (exact) mass is 404 g/mol. The van der Waals surface area contributed by atoms with E-state index in [2.05, 4.69) is 69.5 Å². The molecule has 0 bridgehead atoms. The molecule has 1 atom stereocenters. The van der Waals surface area contributed by atoms with Crippen LogP contribution in [0.25, 0.3) is 16.6 Å². The summed E-state index contributed by atoms with van der Waals surface area (Å²) in [6, 6.07) is 13.0. The quantitative estimate of drug-likeness (QED) is 0.520. The van der Waals surface area contributed by atoms with Gasteiger partial charge in [-0.25, -0.2) is 4.52 Å². The highest BCUT2D eigenvalue weighted by Crippen LogP contribution is 2.29. The predicted octanol–water partition coefficient (Wildman–Crippen LogP) is 3.65. The number of piperazine rings is 1. The molecule has 6 nitrogen and oxygen atoms in total. The fourth-order valence-electron chi connectivity index (χ4n) is 4.03. The lowest BCUT2D eigenvalue weighted by Crippen LogP contribution is -2.46. The number of hydrogen-bond donors (Lipinski definition) is 0. The van der Waals surface area contributed by atoms with Crippen molar-refractivity contribution >= 4 is 16.9 Å². The molecule has 4 aromatic rings.